The van der Waals surface area contributed by atoms with E-state index in [4.69, 9.17) is 4.98 Å². The molecule has 8 heteroatoms. The zero-order valence-corrected chi connectivity index (χ0v) is 19.2. The monoisotopic (exact) mass is 455 g/mol. The van der Waals surface area contributed by atoms with Gasteiger partial charge in [0.25, 0.3) is 0 Å². The van der Waals surface area contributed by atoms with Crippen molar-refractivity contribution >= 4 is 33.0 Å². The van der Waals surface area contributed by atoms with E-state index in [0.29, 0.717) is 13.1 Å². The molecule has 3 aromatic rings. The van der Waals surface area contributed by atoms with Crippen molar-refractivity contribution in [3.8, 4) is 21.8 Å². The van der Waals surface area contributed by atoms with Crippen LogP contribution in [0.25, 0.3) is 21.8 Å². The molecule has 0 spiro atoms. The lowest BCUT2D eigenvalue weighted by atomic mass is 10.1. The fourth-order valence-electron chi connectivity index (χ4n) is 3.37. The topological polar surface area (TPSA) is 79.4 Å². The first kappa shape index (κ1) is 21.7. The second-order valence-corrected chi connectivity index (χ2v) is 10.3. The molecule has 1 saturated carbocycles. The molecule has 0 saturated heterocycles. The summed E-state index contributed by atoms with van der Waals surface area (Å²) >= 11 is 1.52. The summed E-state index contributed by atoms with van der Waals surface area (Å²) in [5.41, 5.74) is 3.36. The first-order chi connectivity index (χ1) is 14.9. The number of amides is 1. The maximum absolute atomic E-state index is 12.7. The van der Waals surface area contributed by atoms with Gasteiger partial charge >= 0.3 is 0 Å². The van der Waals surface area contributed by atoms with Crippen molar-refractivity contribution in [1.82, 2.24) is 9.29 Å². The molecule has 1 aliphatic carbocycles. The molecule has 2 aromatic carbocycles. The van der Waals surface area contributed by atoms with E-state index >= 15 is 0 Å². The molecule has 1 aliphatic rings. The maximum Gasteiger partial charge on any atom is 0.243 e. The van der Waals surface area contributed by atoms with Crippen LogP contribution in [-0.4, -0.2) is 36.7 Å². The number of hydrogen-bond donors (Lipinski definition) is 1. The highest BCUT2D eigenvalue weighted by molar-refractivity contribution is 7.89. The number of sulfonamides is 1. The summed E-state index contributed by atoms with van der Waals surface area (Å²) < 4.78 is 26.8. The Morgan fingerprint density at radius 2 is 1.81 bits per heavy atom. The van der Waals surface area contributed by atoms with Gasteiger partial charge in [0, 0.05) is 41.2 Å². The van der Waals surface area contributed by atoms with E-state index in [1.165, 1.54) is 15.6 Å². The Balaban J connectivity index is 1.53. The van der Waals surface area contributed by atoms with E-state index in [9.17, 15) is 13.2 Å². The Labute approximate surface area is 187 Å². The summed E-state index contributed by atoms with van der Waals surface area (Å²) in [7, 11) is -3.47. The van der Waals surface area contributed by atoms with Crippen LogP contribution in [0.4, 0.5) is 5.69 Å². The van der Waals surface area contributed by atoms with Gasteiger partial charge in [-0.2, -0.15) is 4.31 Å². The van der Waals surface area contributed by atoms with Crippen LogP contribution in [0, 0.1) is 5.92 Å². The molecule has 1 N–H and O–H groups in total. The van der Waals surface area contributed by atoms with Crippen LogP contribution in [0.3, 0.4) is 0 Å². The van der Waals surface area contributed by atoms with Gasteiger partial charge in [-0.15, -0.1) is 11.3 Å². The van der Waals surface area contributed by atoms with E-state index in [-0.39, 0.29) is 16.7 Å². The van der Waals surface area contributed by atoms with Gasteiger partial charge in [-0.3, -0.25) is 4.79 Å². The lowest BCUT2D eigenvalue weighted by Crippen LogP contribution is -2.30. The minimum absolute atomic E-state index is 0.0803. The minimum atomic E-state index is -3.47. The molecule has 1 heterocycles. The zero-order chi connectivity index (χ0) is 22.0. The van der Waals surface area contributed by atoms with Crippen molar-refractivity contribution in [2.24, 2.45) is 5.92 Å². The van der Waals surface area contributed by atoms with Gasteiger partial charge < -0.3 is 5.32 Å². The molecule has 0 atom stereocenters. The lowest BCUT2D eigenvalue weighted by Gasteiger charge is -2.18. The average molecular weight is 456 g/mol. The summed E-state index contributed by atoms with van der Waals surface area (Å²) in [6.07, 6.45) is 1.94. The molecule has 0 radical (unpaired) electrons. The van der Waals surface area contributed by atoms with Gasteiger partial charge in [-0.05, 0) is 37.1 Å². The largest absolute Gasteiger partial charge is 0.326 e. The Bertz CT molecular complexity index is 1180. The van der Waals surface area contributed by atoms with E-state index in [2.05, 4.69) is 5.32 Å². The predicted molar refractivity (Wildman–Crippen MR) is 124 cm³/mol. The quantitative estimate of drug-likeness (QED) is 0.526. The molecular formula is C23H25N3O3S2. The van der Waals surface area contributed by atoms with E-state index in [0.717, 1.165) is 40.4 Å². The van der Waals surface area contributed by atoms with Crippen LogP contribution in [0.5, 0.6) is 0 Å². The summed E-state index contributed by atoms with van der Waals surface area (Å²) in [5, 5.41) is 5.77. The van der Waals surface area contributed by atoms with Crippen LogP contribution < -0.4 is 5.32 Å². The Morgan fingerprint density at radius 1 is 1.10 bits per heavy atom. The number of nitrogens with zero attached hydrogens (tertiary/aromatic N) is 2. The number of hydrogen-bond acceptors (Lipinski definition) is 5. The number of carbonyl (C=O) groups is 1. The molecule has 31 heavy (non-hydrogen) atoms. The van der Waals surface area contributed by atoms with Crippen LogP contribution in [0.15, 0.2) is 58.8 Å². The third-order valence-electron chi connectivity index (χ3n) is 5.32. The van der Waals surface area contributed by atoms with Crippen LogP contribution >= 0.6 is 11.3 Å². The minimum Gasteiger partial charge on any atom is -0.326 e. The van der Waals surface area contributed by atoms with Gasteiger partial charge in [0.1, 0.15) is 5.01 Å². The SMILES string of the molecule is CCN(CC)S(=O)(=O)c1ccc(-c2csc(-c3cccc(NC(=O)C4CC4)c3)n2)cc1. The third-order valence-corrected chi connectivity index (χ3v) is 8.28. The average Bonchev–Trinajstić information content (AvgIpc) is 3.51. The normalized spacial score (nSPS) is 14.0. The highest BCUT2D eigenvalue weighted by atomic mass is 32.2. The number of rotatable bonds is 8. The van der Waals surface area contributed by atoms with Crippen LogP contribution in [0.1, 0.15) is 26.7 Å². The van der Waals surface area contributed by atoms with Crippen molar-refractivity contribution in [3.63, 3.8) is 0 Å². The van der Waals surface area contributed by atoms with Crippen LogP contribution in [0.2, 0.25) is 0 Å². The molecular weight excluding hydrogens is 430 g/mol. The van der Waals surface area contributed by atoms with Crippen molar-refractivity contribution in [1.29, 1.82) is 0 Å². The van der Waals surface area contributed by atoms with Gasteiger partial charge in [0.2, 0.25) is 15.9 Å². The van der Waals surface area contributed by atoms with Gasteiger partial charge in [0.05, 0.1) is 10.6 Å². The number of thiazole rings is 1. The predicted octanol–water partition coefficient (Wildman–Crippen LogP) is 4.86. The maximum atomic E-state index is 12.7. The van der Waals surface area contributed by atoms with E-state index in [1.54, 1.807) is 24.3 Å². The molecule has 1 fully saturated rings. The summed E-state index contributed by atoms with van der Waals surface area (Å²) in [4.78, 5) is 17.0. The number of aromatic nitrogens is 1. The fraction of sp³-hybridized carbons (Fsp3) is 0.304. The number of carbonyl (C=O) groups excluding carboxylic acids is 1. The number of anilines is 1. The fourth-order valence-corrected chi connectivity index (χ4v) is 5.65. The number of nitrogens with one attached hydrogen (secondary N) is 1. The molecule has 6 nitrogen and oxygen atoms in total. The second kappa shape index (κ2) is 8.90. The first-order valence-electron chi connectivity index (χ1n) is 10.4. The van der Waals surface area contributed by atoms with Crippen molar-refractivity contribution in [3.05, 3.63) is 53.9 Å². The van der Waals surface area contributed by atoms with Gasteiger partial charge in [-0.25, -0.2) is 13.4 Å². The molecule has 0 unspecified atom stereocenters. The highest BCUT2D eigenvalue weighted by Gasteiger charge is 2.29. The van der Waals surface area contributed by atoms with Crippen molar-refractivity contribution < 1.29 is 13.2 Å². The van der Waals surface area contributed by atoms with E-state index < -0.39 is 10.0 Å². The first-order valence-corrected chi connectivity index (χ1v) is 12.7. The standard InChI is InChI=1S/C23H25N3O3S2/c1-3-26(4-2)31(28,29)20-12-10-16(11-13-20)21-15-30-23(25-21)18-6-5-7-19(14-18)24-22(27)17-8-9-17/h5-7,10-15,17H,3-4,8-9H2,1-2H3,(H,24,27). The molecule has 0 aliphatic heterocycles. The van der Waals surface area contributed by atoms with Gasteiger partial charge in [-0.1, -0.05) is 38.1 Å². The molecule has 162 valence electrons. The van der Waals surface area contributed by atoms with Crippen LogP contribution in [-0.2, 0) is 14.8 Å². The van der Waals surface area contributed by atoms with E-state index in [1.807, 2.05) is 43.5 Å². The number of benzene rings is 2. The van der Waals surface area contributed by atoms with Crippen molar-refractivity contribution in [2.45, 2.75) is 31.6 Å². The van der Waals surface area contributed by atoms with Gasteiger partial charge in [0.15, 0.2) is 0 Å². The molecule has 0 bridgehead atoms. The highest BCUT2D eigenvalue weighted by Crippen LogP contribution is 2.33. The summed E-state index contributed by atoms with van der Waals surface area (Å²) in [6.45, 7) is 4.55. The Kier molecular flexibility index (Phi) is 6.22. The third kappa shape index (κ3) is 4.71. The summed E-state index contributed by atoms with van der Waals surface area (Å²) in [6, 6.07) is 14.5. The Morgan fingerprint density at radius 3 is 2.45 bits per heavy atom. The lowest BCUT2D eigenvalue weighted by molar-refractivity contribution is -0.117. The Hall–Kier alpha value is -2.55. The molecule has 4 rings (SSSR count). The molecule has 1 amide bonds. The smallest absolute Gasteiger partial charge is 0.243 e. The van der Waals surface area contributed by atoms with Crippen molar-refractivity contribution in [2.75, 3.05) is 18.4 Å². The zero-order valence-electron chi connectivity index (χ0n) is 17.5. The second-order valence-electron chi connectivity index (χ2n) is 7.50. The summed E-state index contributed by atoms with van der Waals surface area (Å²) in [5.74, 6) is 0.236. The molecule has 1 aromatic heterocycles.